The largest absolute Gasteiger partial charge is 0.511 e. The number of esters is 1. The zero-order chi connectivity index (χ0) is 10.0. The molecule has 0 radical (unpaired) electrons. The Hall–Kier alpha value is -1.25. The SMILES string of the molecule is COC(=O)C1=C(O)[C@H](C)[C@H](C)C=C1. The van der Waals surface area contributed by atoms with E-state index in [0.29, 0.717) is 0 Å². The monoisotopic (exact) mass is 182 g/mol. The number of hydrogen-bond acceptors (Lipinski definition) is 3. The van der Waals surface area contributed by atoms with E-state index in [1.54, 1.807) is 6.08 Å². The Balaban J connectivity index is 2.97. The number of rotatable bonds is 1. The van der Waals surface area contributed by atoms with Crippen molar-refractivity contribution in [3.63, 3.8) is 0 Å². The van der Waals surface area contributed by atoms with E-state index in [0.717, 1.165) is 0 Å². The third kappa shape index (κ3) is 1.74. The minimum Gasteiger partial charge on any atom is -0.511 e. The molecule has 0 aromatic heterocycles. The van der Waals surface area contributed by atoms with Crippen molar-refractivity contribution >= 4 is 5.97 Å². The van der Waals surface area contributed by atoms with Crippen LogP contribution in [0, 0.1) is 11.8 Å². The van der Waals surface area contributed by atoms with Crippen LogP contribution in [0.3, 0.4) is 0 Å². The third-order valence-corrected chi connectivity index (χ3v) is 2.47. The molecule has 3 nitrogen and oxygen atoms in total. The summed E-state index contributed by atoms with van der Waals surface area (Å²) < 4.78 is 4.54. The second kappa shape index (κ2) is 3.64. The van der Waals surface area contributed by atoms with Gasteiger partial charge < -0.3 is 9.84 Å². The number of carbonyl (C=O) groups excluding carboxylic acids is 1. The average molecular weight is 182 g/mol. The lowest BCUT2D eigenvalue weighted by atomic mass is 9.87. The molecule has 0 aromatic carbocycles. The van der Waals surface area contributed by atoms with E-state index in [2.05, 4.69) is 4.74 Å². The van der Waals surface area contributed by atoms with Crippen LogP contribution in [0.1, 0.15) is 13.8 Å². The van der Waals surface area contributed by atoms with E-state index >= 15 is 0 Å². The van der Waals surface area contributed by atoms with Crippen molar-refractivity contribution in [1.29, 1.82) is 0 Å². The molecular weight excluding hydrogens is 168 g/mol. The molecule has 0 saturated heterocycles. The Bertz CT molecular complexity index is 276. The quantitative estimate of drug-likeness (QED) is 0.629. The number of aliphatic hydroxyl groups excluding tert-OH is 1. The van der Waals surface area contributed by atoms with Crippen LogP contribution in [0.15, 0.2) is 23.5 Å². The number of hydrogen-bond donors (Lipinski definition) is 1. The number of allylic oxidation sites excluding steroid dienone is 2. The molecule has 3 heteroatoms. The second-order valence-corrected chi connectivity index (χ2v) is 3.30. The van der Waals surface area contributed by atoms with Crippen LogP contribution in [0.2, 0.25) is 0 Å². The number of methoxy groups -OCH3 is 1. The highest BCUT2D eigenvalue weighted by atomic mass is 16.5. The molecule has 0 heterocycles. The summed E-state index contributed by atoms with van der Waals surface area (Å²) in [5.74, 6) is -0.109. The van der Waals surface area contributed by atoms with Gasteiger partial charge in [0.15, 0.2) is 0 Å². The minimum absolute atomic E-state index is 0.0147. The van der Waals surface area contributed by atoms with Gasteiger partial charge in [-0.15, -0.1) is 0 Å². The van der Waals surface area contributed by atoms with Crippen LogP contribution in [0.4, 0.5) is 0 Å². The lowest BCUT2D eigenvalue weighted by molar-refractivity contribution is -0.136. The first kappa shape index (κ1) is 9.84. The Kier molecular flexibility index (Phi) is 2.76. The van der Waals surface area contributed by atoms with Crippen LogP contribution in [0.5, 0.6) is 0 Å². The summed E-state index contributed by atoms with van der Waals surface area (Å²) in [6.07, 6.45) is 3.52. The Morgan fingerprint density at radius 3 is 2.69 bits per heavy atom. The maximum absolute atomic E-state index is 11.1. The van der Waals surface area contributed by atoms with Crippen molar-refractivity contribution in [3.05, 3.63) is 23.5 Å². The molecule has 13 heavy (non-hydrogen) atoms. The van der Waals surface area contributed by atoms with Gasteiger partial charge in [0.2, 0.25) is 0 Å². The normalized spacial score (nSPS) is 27.6. The molecule has 1 rings (SSSR count). The average Bonchev–Trinajstić information content (AvgIpc) is 2.13. The zero-order valence-electron chi connectivity index (χ0n) is 8.07. The van der Waals surface area contributed by atoms with Crippen LogP contribution in [-0.4, -0.2) is 18.2 Å². The molecule has 1 aliphatic carbocycles. The molecule has 0 fully saturated rings. The molecular formula is C10H14O3. The number of aliphatic hydroxyl groups is 1. The number of ether oxygens (including phenoxy) is 1. The minimum atomic E-state index is -0.479. The van der Waals surface area contributed by atoms with E-state index < -0.39 is 5.97 Å². The van der Waals surface area contributed by atoms with Gasteiger partial charge in [0, 0.05) is 5.92 Å². The summed E-state index contributed by atoms with van der Waals surface area (Å²) >= 11 is 0. The topological polar surface area (TPSA) is 46.5 Å². The van der Waals surface area contributed by atoms with Gasteiger partial charge in [-0.05, 0) is 12.0 Å². The summed E-state index contributed by atoms with van der Waals surface area (Å²) in [6.45, 7) is 3.87. The Morgan fingerprint density at radius 2 is 2.15 bits per heavy atom. The molecule has 0 aliphatic heterocycles. The van der Waals surface area contributed by atoms with E-state index in [9.17, 15) is 9.90 Å². The predicted molar refractivity (Wildman–Crippen MR) is 49.1 cm³/mol. The highest BCUT2D eigenvalue weighted by Crippen LogP contribution is 2.27. The first-order chi connectivity index (χ1) is 6.07. The molecule has 2 atom stereocenters. The third-order valence-electron chi connectivity index (χ3n) is 2.47. The molecule has 0 bridgehead atoms. The molecule has 0 unspecified atom stereocenters. The van der Waals surface area contributed by atoms with Crippen LogP contribution >= 0.6 is 0 Å². The molecule has 1 aliphatic rings. The fourth-order valence-corrected chi connectivity index (χ4v) is 1.28. The van der Waals surface area contributed by atoms with E-state index in [4.69, 9.17) is 0 Å². The van der Waals surface area contributed by atoms with Gasteiger partial charge in [0.1, 0.15) is 5.76 Å². The van der Waals surface area contributed by atoms with Crippen molar-refractivity contribution in [2.24, 2.45) is 11.8 Å². The van der Waals surface area contributed by atoms with E-state index in [1.807, 2.05) is 19.9 Å². The molecule has 72 valence electrons. The highest BCUT2D eigenvalue weighted by Gasteiger charge is 2.24. The summed E-state index contributed by atoms with van der Waals surface area (Å²) in [4.78, 5) is 11.1. The van der Waals surface area contributed by atoms with Gasteiger partial charge in [0.05, 0.1) is 12.7 Å². The molecule has 0 saturated carbocycles. The van der Waals surface area contributed by atoms with Gasteiger partial charge >= 0.3 is 5.97 Å². The zero-order valence-corrected chi connectivity index (χ0v) is 8.07. The van der Waals surface area contributed by atoms with Crippen molar-refractivity contribution in [3.8, 4) is 0 Å². The van der Waals surface area contributed by atoms with Crippen LogP contribution < -0.4 is 0 Å². The van der Waals surface area contributed by atoms with Gasteiger partial charge in [0.25, 0.3) is 0 Å². The summed E-state index contributed by atoms with van der Waals surface area (Å²) in [7, 11) is 1.30. The Morgan fingerprint density at radius 1 is 1.54 bits per heavy atom. The first-order valence-corrected chi connectivity index (χ1v) is 4.27. The van der Waals surface area contributed by atoms with Gasteiger partial charge in [-0.1, -0.05) is 19.9 Å². The van der Waals surface area contributed by atoms with Gasteiger partial charge in [-0.3, -0.25) is 0 Å². The Labute approximate surface area is 77.7 Å². The lowest BCUT2D eigenvalue weighted by Crippen LogP contribution is -2.18. The molecule has 1 N–H and O–H groups in total. The summed E-state index contributed by atoms with van der Waals surface area (Å²) in [5, 5.41) is 9.64. The summed E-state index contributed by atoms with van der Waals surface area (Å²) in [6, 6.07) is 0. The van der Waals surface area contributed by atoms with E-state index in [1.165, 1.54) is 7.11 Å². The first-order valence-electron chi connectivity index (χ1n) is 4.27. The molecule has 0 aromatic rings. The fraction of sp³-hybridized carbons (Fsp3) is 0.500. The maximum Gasteiger partial charge on any atom is 0.341 e. The molecule has 0 spiro atoms. The number of carbonyl (C=O) groups is 1. The predicted octanol–water partition coefficient (Wildman–Crippen LogP) is 1.81. The van der Waals surface area contributed by atoms with Crippen molar-refractivity contribution in [1.82, 2.24) is 0 Å². The van der Waals surface area contributed by atoms with Crippen molar-refractivity contribution in [2.45, 2.75) is 13.8 Å². The van der Waals surface area contributed by atoms with E-state index in [-0.39, 0.29) is 23.2 Å². The lowest BCUT2D eigenvalue weighted by Gasteiger charge is -2.21. The smallest absolute Gasteiger partial charge is 0.341 e. The fourth-order valence-electron chi connectivity index (χ4n) is 1.28. The standard InChI is InChI=1S/C10H14O3/c1-6-4-5-8(10(12)13-3)9(11)7(6)2/h4-7,11H,1-3H3/t6-,7-/m1/s1. The highest BCUT2D eigenvalue weighted by molar-refractivity contribution is 5.92. The second-order valence-electron chi connectivity index (χ2n) is 3.30. The van der Waals surface area contributed by atoms with Gasteiger partial charge in [-0.2, -0.15) is 0 Å². The van der Waals surface area contributed by atoms with Crippen molar-refractivity contribution in [2.75, 3.05) is 7.11 Å². The van der Waals surface area contributed by atoms with Crippen LogP contribution in [0.25, 0.3) is 0 Å². The van der Waals surface area contributed by atoms with Crippen LogP contribution in [-0.2, 0) is 9.53 Å². The van der Waals surface area contributed by atoms with Gasteiger partial charge in [-0.25, -0.2) is 4.79 Å². The molecule has 0 amide bonds. The van der Waals surface area contributed by atoms with Crippen molar-refractivity contribution < 1.29 is 14.6 Å². The maximum atomic E-state index is 11.1. The summed E-state index contributed by atoms with van der Waals surface area (Å²) in [5.41, 5.74) is 0.271.